The molecule has 4 bridgehead atoms. The summed E-state index contributed by atoms with van der Waals surface area (Å²) >= 11 is 0. The number of aromatic hydroxyl groups is 1. The quantitative estimate of drug-likeness (QED) is 0.152. The maximum atomic E-state index is 12.8. The highest BCUT2D eigenvalue weighted by atomic mass is 31.1. The second-order valence-electron chi connectivity index (χ2n) is 18.2. The van der Waals surface area contributed by atoms with E-state index < -0.39 is 7.92 Å². The fourth-order valence-corrected chi connectivity index (χ4v) is 14.4. The van der Waals surface area contributed by atoms with Crippen molar-refractivity contribution in [3.63, 3.8) is 0 Å². The van der Waals surface area contributed by atoms with E-state index in [1.165, 1.54) is 93.5 Å². The SMILES string of the molecule is Cc1cc(N2CCN(c3c(C(C)C)cccc3C(C)C)C2c2cccc(P(c3ccccc3)c3ccccc3)c2C)c(O)c(C23CC4CC(CC(C4)C2)C3)c1. The molecule has 5 fully saturated rings. The lowest BCUT2D eigenvalue weighted by atomic mass is 9.48. The van der Waals surface area contributed by atoms with E-state index in [1.807, 2.05) is 0 Å². The van der Waals surface area contributed by atoms with Gasteiger partial charge in [-0.15, -0.1) is 0 Å². The van der Waals surface area contributed by atoms with Crippen molar-refractivity contribution in [2.75, 3.05) is 22.9 Å². The Kier molecular flexibility index (Phi) is 9.61. The smallest absolute Gasteiger partial charge is 0.142 e. The zero-order chi connectivity index (χ0) is 38.0. The van der Waals surface area contributed by atoms with Crippen LogP contribution in [0.2, 0.25) is 0 Å². The normalized spacial score (nSPS) is 24.5. The Morgan fingerprint density at radius 3 is 1.71 bits per heavy atom. The molecule has 55 heavy (non-hydrogen) atoms. The van der Waals surface area contributed by atoms with Gasteiger partial charge in [-0.05, 0) is 145 Å². The number of rotatable bonds is 9. The molecule has 1 N–H and O–H groups in total. The first-order valence-electron chi connectivity index (χ1n) is 21.1. The minimum absolute atomic E-state index is 0.0716. The van der Waals surface area contributed by atoms with E-state index in [0.29, 0.717) is 17.6 Å². The van der Waals surface area contributed by atoms with Gasteiger partial charge in [-0.2, -0.15) is 0 Å². The van der Waals surface area contributed by atoms with E-state index in [0.717, 1.165) is 36.5 Å². The van der Waals surface area contributed by atoms with Crippen LogP contribution in [0.4, 0.5) is 11.4 Å². The van der Waals surface area contributed by atoms with E-state index >= 15 is 0 Å². The van der Waals surface area contributed by atoms with Crippen molar-refractivity contribution in [2.45, 2.75) is 103 Å². The van der Waals surface area contributed by atoms with Crippen LogP contribution in [0.1, 0.15) is 118 Å². The minimum Gasteiger partial charge on any atom is -0.505 e. The highest BCUT2D eigenvalue weighted by Gasteiger charge is 2.53. The number of hydrogen-bond donors (Lipinski definition) is 1. The average molecular weight is 747 g/mol. The molecular weight excluding hydrogens is 688 g/mol. The Morgan fingerprint density at radius 2 is 1.16 bits per heavy atom. The van der Waals surface area contributed by atoms with Crippen molar-refractivity contribution >= 4 is 35.2 Å². The Bertz CT molecular complexity index is 2070. The number of para-hydroxylation sites is 1. The summed E-state index contributed by atoms with van der Waals surface area (Å²) in [6.45, 7) is 15.7. The molecule has 4 saturated carbocycles. The van der Waals surface area contributed by atoms with Gasteiger partial charge in [-0.1, -0.05) is 131 Å². The molecule has 284 valence electrons. The van der Waals surface area contributed by atoms with Crippen molar-refractivity contribution in [1.29, 1.82) is 0 Å². The Morgan fingerprint density at radius 1 is 0.636 bits per heavy atom. The lowest BCUT2D eigenvalue weighted by Gasteiger charge is -2.57. The minimum atomic E-state index is -0.786. The summed E-state index contributed by atoms with van der Waals surface area (Å²) in [5.74, 6) is 3.78. The summed E-state index contributed by atoms with van der Waals surface area (Å²) in [4.78, 5) is 5.31. The van der Waals surface area contributed by atoms with E-state index in [9.17, 15) is 5.11 Å². The van der Waals surface area contributed by atoms with E-state index in [-0.39, 0.29) is 11.6 Å². The molecule has 5 aromatic rings. The van der Waals surface area contributed by atoms with Gasteiger partial charge in [0.1, 0.15) is 11.9 Å². The monoisotopic (exact) mass is 746 g/mol. The Hall–Kier alpha value is -4.07. The zero-order valence-corrected chi connectivity index (χ0v) is 34.7. The lowest BCUT2D eigenvalue weighted by molar-refractivity contribution is -0.00613. The molecule has 10 rings (SSSR count). The van der Waals surface area contributed by atoms with Gasteiger partial charge in [0, 0.05) is 24.3 Å². The van der Waals surface area contributed by atoms with Crippen LogP contribution in [0.25, 0.3) is 0 Å². The van der Waals surface area contributed by atoms with Crippen molar-refractivity contribution in [1.82, 2.24) is 0 Å². The third-order valence-electron chi connectivity index (χ3n) is 13.9. The molecule has 1 atom stereocenters. The summed E-state index contributed by atoms with van der Waals surface area (Å²) in [5.41, 5.74) is 10.5. The topological polar surface area (TPSA) is 26.7 Å². The summed E-state index contributed by atoms with van der Waals surface area (Å²) < 4.78 is 0. The molecule has 1 unspecified atom stereocenters. The molecule has 0 radical (unpaired) electrons. The van der Waals surface area contributed by atoms with Gasteiger partial charge in [0.15, 0.2) is 0 Å². The number of aryl methyl sites for hydroxylation is 1. The van der Waals surface area contributed by atoms with Crippen molar-refractivity contribution in [3.05, 3.63) is 143 Å². The molecule has 5 aliphatic rings. The van der Waals surface area contributed by atoms with Crippen LogP contribution in [-0.4, -0.2) is 18.2 Å². The lowest BCUT2D eigenvalue weighted by Crippen LogP contribution is -2.48. The van der Waals surface area contributed by atoms with Crippen LogP contribution >= 0.6 is 7.92 Å². The number of benzene rings is 5. The highest BCUT2D eigenvalue weighted by molar-refractivity contribution is 7.79. The number of hydrogen-bond acceptors (Lipinski definition) is 3. The van der Waals surface area contributed by atoms with Crippen molar-refractivity contribution < 1.29 is 5.11 Å². The van der Waals surface area contributed by atoms with Crippen molar-refractivity contribution in [3.8, 4) is 5.75 Å². The zero-order valence-electron chi connectivity index (χ0n) is 33.8. The number of anilines is 2. The van der Waals surface area contributed by atoms with Gasteiger partial charge in [0.2, 0.25) is 0 Å². The van der Waals surface area contributed by atoms with Crippen LogP contribution in [0.15, 0.2) is 109 Å². The van der Waals surface area contributed by atoms with Gasteiger partial charge in [0.05, 0.1) is 5.69 Å². The fourth-order valence-electron chi connectivity index (χ4n) is 11.9. The van der Waals surface area contributed by atoms with E-state index in [1.54, 1.807) is 0 Å². The third kappa shape index (κ3) is 6.39. The summed E-state index contributed by atoms with van der Waals surface area (Å²) in [6, 6.07) is 41.0. The van der Waals surface area contributed by atoms with Crippen LogP contribution < -0.4 is 25.7 Å². The predicted molar refractivity (Wildman–Crippen MR) is 235 cm³/mol. The highest BCUT2D eigenvalue weighted by Crippen LogP contribution is 2.63. The largest absolute Gasteiger partial charge is 0.505 e. The maximum Gasteiger partial charge on any atom is 0.142 e. The second-order valence-corrected chi connectivity index (χ2v) is 20.4. The number of nitrogens with zero attached hydrogens (tertiary/aromatic N) is 2. The number of phenolic OH excluding ortho intramolecular Hbond substituents is 1. The molecular formula is C51H59N2OP. The Labute approximate surface area is 331 Å². The molecule has 5 aromatic carbocycles. The van der Waals surface area contributed by atoms with E-state index in [4.69, 9.17) is 0 Å². The van der Waals surface area contributed by atoms with Gasteiger partial charge >= 0.3 is 0 Å². The molecule has 1 heterocycles. The number of phenols is 1. The maximum absolute atomic E-state index is 12.8. The first kappa shape index (κ1) is 36.6. The molecule has 1 saturated heterocycles. The van der Waals surface area contributed by atoms with Crippen LogP contribution in [0, 0.1) is 31.6 Å². The van der Waals surface area contributed by atoms with Crippen LogP contribution in [-0.2, 0) is 5.41 Å². The molecule has 3 nitrogen and oxygen atoms in total. The standard InChI is InChI=1S/C51H59N2OP/c1-33(2)42-19-13-20-43(34(3)4)48(42)53-24-23-52(46-26-35(5)25-45(49(46)54)51-30-37-27-38(31-51)29-39(28-37)32-51)50(53)44-21-14-22-47(36(44)6)55(40-15-9-7-10-16-40)41-17-11-8-12-18-41/h7-22,25-26,33-34,37-39,50,54H,23-24,27-32H2,1-6H3. The molecule has 0 aromatic heterocycles. The van der Waals surface area contributed by atoms with E-state index in [2.05, 4.69) is 161 Å². The molecule has 4 aliphatic carbocycles. The van der Waals surface area contributed by atoms with Crippen molar-refractivity contribution in [2.24, 2.45) is 17.8 Å². The van der Waals surface area contributed by atoms with Gasteiger partial charge in [-0.3, -0.25) is 0 Å². The molecule has 0 amide bonds. The molecule has 4 heteroatoms. The molecule has 1 aliphatic heterocycles. The Balaban J connectivity index is 1.24. The predicted octanol–water partition coefficient (Wildman–Crippen LogP) is 11.5. The van der Waals surface area contributed by atoms with Gasteiger partial charge < -0.3 is 14.9 Å². The van der Waals surface area contributed by atoms with Crippen LogP contribution in [0.5, 0.6) is 5.75 Å². The summed E-state index contributed by atoms with van der Waals surface area (Å²) in [5, 5.41) is 16.9. The summed E-state index contributed by atoms with van der Waals surface area (Å²) in [7, 11) is -0.786. The first-order chi connectivity index (χ1) is 26.6. The van der Waals surface area contributed by atoms with Gasteiger partial charge in [-0.25, -0.2) is 0 Å². The summed E-state index contributed by atoms with van der Waals surface area (Å²) in [6.07, 6.45) is 7.87. The average Bonchev–Trinajstić information content (AvgIpc) is 3.60. The first-order valence-corrected chi connectivity index (χ1v) is 22.5. The fraction of sp³-hybridized carbons (Fsp3) is 0.412. The third-order valence-corrected chi connectivity index (χ3v) is 16.4. The second kappa shape index (κ2) is 14.5. The van der Waals surface area contributed by atoms with Crippen LogP contribution in [0.3, 0.4) is 0 Å². The van der Waals surface area contributed by atoms with Gasteiger partial charge in [0.25, 0.3) is 0 Å². The molecule has 0 spiro atoms.